The van der Waals surface area contributed by atoms with E-state index in [1.54, 1.807) is 17.7 Å². The van der Waals surface area contributed by atoms with Gasteiger partial charge in [0.05, 0.1) is 9.70 Å². The molecule has 168 valence electrons. The third kappa shape index (κ3) is 4.96. The maximum absolute atomic E-state index is 13.6. The van der Waals surface area contributed by atoms with Crippen LogP contribution in [0.5, 0.6) is 0 Å². The van der Waals surface area contributed by atoms with E-state index in [-0.39, 0.29) is 11.8 Å². The number of halogens is 1. The molecule has 0 N–H and O–H groups in total. The number of anilines is 1. The fraction of sp³-hybridized carbons (Fsp3) is 0.609. The largest absolute Gasteiger partial charge is 0.353 e. The number of likely N-dealkylation sites (N-methyl/N-ethyl adjacent to an activating group) is 1. The van der Waals surface area contributed by atoms with E-state index in [1.807, 2.05) is 0 Å². The van der Waals surface area contributed by atoms with Crippen LogP contribution in [-0.2, 0) is 11.2 Å². The van der Waals surface area contributed by atoms with Crippen molar-refractivity contribution in [2.24, 2.45) is 0 Å². The fourth-order valence-electron chi connectivity index (χ4n) is 4.82. The van der Waals surface area contributed by atoms with Crippen molar-refractivity contribution in [1.29, 1.82) is 0 Å². The number of rotatable bonds is 7. The monoisotopic (exact) mass is 505 g/mol. The predicted molar refractivity (Wildman–Crippen MR) is 130 cm³/mol. The van der Waals surface area contributed by atoms with Gasteiger partial charge in [0, 0.05) is 48.9 Å². The average Bonchev–Trinajstić information content (AvgIpc) is 3.37. The van der Waals surface area contributed by atoms with Crippen molar-refractivity contribution in [3.05, 3.63) is 38.4 Å². The molecule has 1 aliphatic heterocycles. The second kappa shape index (κ2) is 9.96. The van der Waals surface area contributed by atoms with Gasteiger partial charge in [-0.25, -0.2) is 9.97 Å². The Bertz CT molecular complexity index is 911. The highest BCUT2D eigenvalue weighted by atomic mass is 79.9. The Morgan fingerprint density at radius 1 is 1.29 bits per heavy atom. The van der Waals surface area contributed by atoms with E-state index >= 15 is 0 Å². The van der Waals surface area contributed by atoms with E-state index in [2.05, 4.69) is 73.6 Å². The Morgan fingerprint density at radius 3 is 2.74 bits per heavy atom. The quantitative estimate of drug-likeness (QED) is 0.566. The summed E-state index contributed by atoms with van der Waals surface area (Å²) in [4.78, 5) is 30.5. The van der Waals surface area contributed by atoms with Gasteiger partial charge in [0.15, 0.2) is 0 Å². The van der Waals surface area contributed by atoms with Crippen LogP contribution in [0.4, 0.5) is 5.82 Å². The number of aromatic nitrogens is 2. The number of carbonyl (C=O) groups is 1. The number of fused-ring (bicyclic) bond motifs is 1. The third-order valence-corrected chi connectivity index (χ3v) is 8.22. The normalized spacial score (nSPS) is 19.7. The van der Waals surface area contributed by atoms with Crippen molar-refractivity contribution in [3.8, 4) is 0 Å². The minimum Gasteiger partial charge on any atom is -0.353 e. The summed E-state index contributed by atoms with van der Waals surface area (Å²) in [6.07, 6.45) is 5.00. The topological polar surface area (TPSA) is 52.6 Å². The molecule has 1 amide bonds. The van der Waals surface area contributed by atoms with Crippen LogP contribution in [0, 0.1) is 0 Å². The SMILES string of the molecule is CCCN(C)CC(C(=O)N1CCN(c2ncnc3c2C(C)CC3)CC1)c1ccc(Br)s1. The van der Waals surface area contributed by atoms with Gasteiger partial charge in [0.25, 0.3) is 0 Å². The van der Waals surface area contributed by atoms with Crippen LogP contribution in [0.15, 0.2) is 22.2 Å². The summed E-state index contributed by atoms with van der Waals surface area (Å²) < 4.78 is 1.08. The first-order valence-electron chi connectivity index (χ1n) is 11.3. The second-order valence-electron chi connectivity index (χ2n) is 8.77. The van der Waals surface area contributed by atoms with Gasteiger partial charge in [-0.15, -0.1) is 11.3 Å². The van der Waals surface area contributed by atoms with E-state index in [4.69, 9.17) is 0 Å². The van der Waals surface area contributed by atoms with Crippen LogP contribution in [0.1, 0.15) is 54.7 Å². The molecule has 2 aromatic rings. The van der Waals surface area contributed by atoms with E-state index in [0.717, 1.165) is 73.0 Å². The summed E-state index contributed by atoms with van der Waals surface area (Å²) in [5, 5.41) is 0. The van der Waals surface area contributed by atoms with E-state index in [0.29, 0.717) is 5.92 Å². The zero-order valence-corrected chi connectivity index (χ0v) is 21.1. The molecule has 31 heavy (non-hydrogen) atoms. The molecule has 0 bridgehead atoms. The first-order valence-corrected chi connectivity index (χ1v) is 12.9. The van der Waals surface area contributed by atoms with Crippen molar-refractivity contribution in [2.45, 2.75) is 44.9 Å². The van der Waals surface area contributed by atoms with Crippen molar-refractivity contribution in [1.82, 2.24) is 19.8 Å². The highest BCUT2D eigenvalue weighted by Crippen LogP contribution is 2.37. The van der Waals surface area contributed by atoms with Gasteiger partial charge in [0.2, 0.25) is 5.91 Å². The molecule has 4 rings (SSSR count). The van der Waals surface area contributed by atoms with E-state index in [1.165, 1.54) is 11.3 Å². The zero-order valence-electron chi connectivity index (χ0n) is 18.7. The van der Waals surface area contributed by atoms with Crippen molar-refractivity contribution in [2.75, 3.05) is 51.2 Å². The lowest BCUT2D eigenvalue weighted by Gasteiger charge is -2.38. The van der Waals surface area contributed by atoms with E-state index in [9.17, 15) is 4.79 Å². The molecule has 1 saturated heterocycles. The lowest BCUT2D eigenvalue weighted by atomic mass is 10.0. The number of nitrogens with zero attached hydrogens (tertiary/aromatic N) is 5. The molecule has 1 fully saturated rings. The highest BCUT2D eigenvalue weighted by molar-refractivity contribution is 9.11. The number of amides is 1. The molecule has 8 heteroatoms. The number of hydrogen-bond donors (Lipinski definition) is 0. The van der Waals surface area contributed by atoms with Crippen molar-refractivity contribution < 1.29 is 4.79 Å². The Hall–Kier alpha value is -1.51. The van der Waals surface area contributed by atoms with Gasteiger partial charge in [-0.05, 0) is 66.8 Å². The maximum atomic E-state index is 13.6. The molecule has 2 aromatic heterocycles. The van der Waals surface area contributed by atoms with Gasteiger partial charge in [-0.2, -0.15) is 0 Å². The van der Waals surface area contributed by atoms with Crippen LogP contribution in [0.25, 0.3) is 0 Å². The molecule has 3 heterocycles. The fourth-order valence-corrected chi connectivity index (χ4v) is 6.33. The predicted octanol–water partition coefficient (Wildman–Crippen LogP) is 4.12. The van der Waals surface area contributed by atoms with Crippen LogP contribution in [0.2, 0.25) is 0 Å². The molecule has 0 aromatic carbocycles. The first-order chi connectivity index (χ1) is 15.0. The highest BCUT2D eigenvalue weighted by Gasteiger charge is 2.33. The zero-order chi connectivity index (χ0) is 22.0. The van der Waals surface area contributed by atoms with E-state index < -0.39 is 0 Å². The Kier molecular flexibility index (Phi) is 7.29. The summed E-state index contributed by atoms with van der Waals surface area (Å²) in [5.41, 5.74) is 2.53. The van der Waals surface area contributed by atoms with Gasteiger partial charge in [-0.3, -0.25) is 4.79 Å². The molecular formula is C23H32BrN5OS. The average molecular weight is 507 g/mol. The molecule has 6 nitrogen and oxygen atoms in total. The summed E-state index contributed by atoms with van der Waals surface area (Å²) >= 11 is 5.24. The third-order valence-electron chi connectivity index (χ3n) is 6.48. The standard InChI is InChI=1S/C23H32BrN5OS/c1-4-9-27(3)14-17(19-7-8-20(24)31-19)23(30)29-12-10-28(11-13-29)22-21-16(2)5-6-18(21)25-15-26-22/h7-8,15-17H,4-6,9-14H2,1-3H3. The number of aryl methyl sites for hydroxylation is 1. The number of carbonyl (C=O) groups excluding carboxylic acids is 1. The molecule has 2 aliphatic rings. The molecule has 1 aliphatic carbocycles. The first kappa shape index (κ1) is 22.7. The van der Waals surface area contributed by atoms with Crippen LogP contribution in [0.3, 0.4) is 0 Å². The number of piperazine rings is 1. The minimum absolute atomic E-state index is 0.109. The molecule has 0 spiro atoms. The summed E-state index contributed by atoms with van der Waals surface area (Å²) in [6, 6.07) is 4.15. The summed E-state index contributed by atoms with van der Waals surface area (Å²) in [7, 11) is 2.11. The Morgan fingerprint density at radius 2 is 2.06 bits per heavy atom. The lowest BCUT2D eigenvalue weighted by molar-refractivity contribution is -0.133. The van der Waals surface area contributed by atoms with Gasteiger partial charge in [-0.1, -0.05) is 13.8 Å². The second-order valence-corrected chi connectivity index (χ2v) is 11.3. The lowest BCUT2D eigenvalue weighted by Crippen LogP contribution is -2.51. The molecule has 0 radical (unpaired) electrons. The van der Waals surface area contributed by atoms with Crippen LogP contribution < -0.4 is 4.90 Å². The smallest absolute Gasteiger partial charge is 0.232 e. The molecule has 0 saturated carbocycles. The summed E-state index contributed by atoms with van der Waals surface area (Å²) in [6.45, 7) is 9.35. The number of thiophene rings is 1. The molecule has 2 atom stereocenters. The van der Waals surface area contributed by atoms with Crippen LogP contribution >= 0.6 is 27.3 Å². The maximum Gasteiger partial charge on any atom is 0.232 e. The Labute approximate surface area is 197 Å². The summed E-state index contributed by atoms with van der Waals surface area (Å²) in [5.74, 6) is 1.74. The van der Waals surface area contributed by atoms with Gasteiger partial charge < -0.3 is 14.7 Å². The van der Waals surface area contributed by atoms with Crippen LogP contribution in [-0.4, -0.2) is 72.0 Å². The molecule has 2 unspecified atom stereocenters. The number of hydrogen-bond acceptors (Lipinski definition) is 6. The molecular weight excluding hydrogens is 474 g/mol. The van der Waals surface area contributed by atoms with Crippen molar-refractivity contribution in [3.63, 3.8) is 0 Å². The van der Waals surface area contributed by atoms with Gasteiger partial charge >= 0.3 is 0 Å². The van der Waals surface area contributed by atoms with Gasteiger partial charge in [0.1, 0.15) is 12.1 Å². The Balaban J connectivity index is 1.46. The minimum atomic E-state index is -0.109. The van der Waals surface area contributed by atoms with Crippen molar-refractivity contribution >= 4 is 39.0 Å².